The number of aryl methyl sites for hydroxylation is 1. The van der Waals surface area contributed by atoms with Crippen LogP contribution in [0.3, 0.4) is 0 Å². The lowest BCUT2D eigenvalue weighted by molar-refractivity contribution is -0.127. The highest BCUT2D eigenvalue weighted by molar-refractivity contribution is 7.18. The maximum atomic E-state index is 16.0. The summed E-state index contributed by atoms with van der Waals surface area (Å²) < 4.78 is 39.0. The molecule has 6 rings (SSSR count). The molecule has 44 heavy (non-hydrogen) atoms. The number of carbonyl (C=O) groups is 1. The predicted octanol–water partition coefficient (Wildman–Crippen LogP) is 6.11. The van der Waals surface area contributed by atoms with Gasteiger partial charge in [0, 0.05) is 39.9 Å². The summed E-state index contributed by atoms with van der Waals surface area (Å²) in [5, 5.41) is 26.1. The standard InChI is InChI=1S/C32H30F2N6O3S/c1-6-26(41)39-14-18(3)40-21(15-39)12-24(38-40)30-28(27-23(34)10-20(33)11-25(27)43-16-32(4,5)42)31-22(7-8-44-31)29(36-30)19-9-17(2)37-35-13-19/h6-13,18,42H,1,14-16H2,2-5H3/t18-/m0/s1. The second-order valence-electron chi connectivity index (χ2n) is 11.5. The minimum atomic E-state index is -1.26. The number of aromatic nitrogens is 5. The Labute approximate surface area is 256 Å². The fourth-order valence-corrected chi connectivity index (χ4v) is 6.38. The summed E-state index contributed by atoms with van der Waals surface area (Å²) in [4.78, 5) is 19.2. The first kappa shape index (κ1) is 29.5. The van der Waals surface area contributed by atoms with Gasteiger partial charge in [-0.05, 0) is 57.4 Å². The van der Waals surface area contributed by atoms with Crippen molar-refractivity contribution in [2.24, 2.45) is 0 Å². The van der Waals surface area contributed by atoms with E-state index in [1.807, 2.05) is 42.1 Å². The molecule has 0 fully saturated rings. The van der Waals surface area contributed by atoms with E-state index >= 15 is 4.39 Å². The molecule has 1 aliphatic rings. The molecule has 1 aliphatic heterocycles. The zero-order chi connectivity index (χ0) is 31.3. The van der Waals surface area contributed by atoms with Gasteiger partial charge in [0.25, 0.3) is 0 Å². The summed E-state index contributed by atoms with van der Waals surface area (Å²) in [5.74, 6) is -1.92. The molecule has 0 aliphatic carbocycles. The van der Waals surface area contributed by atoms with Gasteiger partial charge in [0.1, 0.15) is 35.4 Å². The van der Waals surface area contributed by atoms with Crippen LogP contribution in [0.4, 0.5) is 8.78 Å². The molecule has 0 unspecified atom stereocenters. The summed E-state index contributed by atoms with van der Waals surface area (Å²) in [5.41, 5.74) is 2.70. The number of nitrogens with zero attached hydrogens (tertiary/aromatic N) is 6. The van der Waals surface area contributed by atoms with Crippen LogP contribution in [0.5, 0.6) is 5.75 Å². The van der Waals surface area contributed by atoms with E-state index in [9.17, 15) is 14.3 Å². The number of hydrogen-bond acceptors (Lipinski definition) is 8. The van der Waals surface area contributed by atoms with Crippen molar-refractivity contribution in [3.8, 4) is 39.5 Å². The van der Waals surface area contributed by atoms with Gasteiger partial charge in [-0.1, -0.05) is 6.58 Å². The molecule has 12 heteroatoms. The van der Waals surface area contributed by atoms with Crippen LogP contribution in [-0.4, -0.2) is 59.6 Å². The van der Waals surface area contributed by atoms with Crippen molar-refractivity contribution in [3.05, 3.63) is 77.6 Å². The van der Waals surface area contributed by atoms with Crippen LogP contribution in [0, 0.1) is 18.6 Å². The van der Waals surface area contributed by atoms with Crippen molar-refractivity contribution in [2.45, 2.75) is 45.9 Å². The number of halogens is 2. The Morgan fingerprint density at radius 3 is 2.75 bits per heavy atom. The van der Waals surface area contributed by atoms with Gasteiger partial charge in [-0.15, -0.1) is 11.3 Å². The Morgan fingerprint density at radius 2 is 2.02 bits per heavy atom. The number of ether oxygens (including phenoxy) is 1. The molecule has 0 radical (unpaired) electrons. The summed E-state index contributed by atoms with van der Waals surface area (Å²) in [6, 6.07) is 7.36. The minimum Gasteiger partial charge on any atom is -0.490 e. The molecule has 1 amide bonds. The fraction of sp³-hybridized carbons (Fsp3) is 0.281. The minimum absolute atomic E-state index is 0.00339. The molecule has 0 spiro atoms. The number of pyridine rings is 1. The largest absolute Gasteiger partial charge is 0.490 e. The summed E-state index contributed by atoms with van der Waals surface area (Å²) in [6.07, 6.45) is 2.90. The van der Waals surface area contributed by atoms with Gasteiger partial charge in [-0.2, -0.15) is 15.3 Å². The Balaban J connectivity index is 1.64. The number of amides is 1. The lowest BCUT2D eigenvalue weighted by Crippen LogP contribution is -2.39. The quantitative estimate of drug-likeness (QED) is 0.220. The normalized spacial score (nSPS) is 15.0. The van der Waals surface area contributed by atoms with Gasteiger partial charge in [0.05, 0.1) is 47.0 Å². The number of thiophene rings is 1. The van der Waals surface area contributed by atoms with Crippen LogP contribution in [-0.2, 0) is 11.3 Å². The first-order chi connectivity index (χ1) is 20.9. The van der Waals surface area contributed by atoms with Crippen LogP contribution < -0.4 is 4.74 Å². The lowest BCUT2D eigenvalue weighted by Gasteiger charge is -2.31. The van der Waals surface area contributed by atoms with E-state index in [0.717, 1.165) is 23.2 Å². The van der Waals surface area contributed by atoms with E-state index in [0.29, 0.717) is 51.7 Å². The molecule has 5 heterocycles. The highest BCUT2D eigenvalue weighted by Crippen LogP contribution is 2.47. The lowest BCUT2D eigenvalue weighted by atomic mass is 9.96. The summed E-state index contributed by atoms with van der Waals surface area (Å²) >= 11 is 1.38. The van der Waals surface area contributed by atoms with Crippen molar-refractivity contribution < 1.29 is 23.4 Å². The average Bonchev–Trinajstić information content (AvgIpc) is 3.63. The summed E-state index contributed by atoms with van der Waals surface area (Å²) in [7, 11) is 0. The van der Waals surface area contributed by atoms with Crippen LogP contribution in [0.1, 0.15) is 38.2 Å². The SMILES string of the molecule is C=CC(=O)N1Cc2cc(-c3nc(-c4cnnc(C)c4)c4ccsc4c3-c3c(F)cc(F)cc3OCC(C)(C)O)nn2[C@@H](C)C1. The first-order valence-electron chi connectivity index (χ1n) is 14.0. The first-order valence-corrected chi connectivity index (χ1v) is 14.9. The maximum absolute atomic E-state index is 16.0. The predicted molar refractivity (Wildman–Crippen MR) is 164 cm³/mol. The van der Waals surface area contributed by atoms with E-state index in [-0.39, 0.29) is 29.9 Å². The third-order valence-electron chi connectivity index (χ3n) is 7.30. The molecule has 0 saturated heterocycles. The molecule has 226 valence electrons. The molecule has 0 saturated carbocycles. The van der Waals surface area contributed by atoms with Crippen molar-refractivity contribution in [1.29, 1.82) is 0 Å². The van der Waals surface area contributed by atoms with Crippen LogP contribution in [0.15, 0.2) is 54.6 Å². The van der Waals surface area contributed by atoms with Gasteiger partial charge >= 0.3 is 0 Å². The second-order valence-corrected chi connectivity index (χ2v) is 12.4. The van der Waals surface area contributed by atoms with Gasteiger partial charge in [0.15, 0.2) is 0 Å². The smallest absolute Gasteiger partial charge is 0.246 e. The monoisotopic (exact) mass is 616 g/mol. The van der Waals surface area contributed by atoms with Crippen molar-refractivity contribution in [1.82, 2.24) is 29.9 Å². The Hall–Kier alpha value is -4.55. The highest BCUT2D eigenvalue weighted by Gasteiger charge is 2.30. The molecule has 5 aromatic rings. The zero-order valence-corrected chi connectivity index (χ0v) is 25.5. The zero-order valence-electron chi connectivity index (χ0n) is 24.6. The van der Waals surface area contributed by atoms with Crippen LogP contribution >= 0.6 is 11.3 Å². The Kier molecular flexibility index (Phi) is 7.50. The third kappa shape index (κ3) is 5.46. The van der Waals surface area contributed by atoms with Gasteiger partial charge < -0.3 is 14.7 Å². The molecule has 1 atom stereocenters. The average molecular weight is 617 g/mol. The van der Waals surface area contributed by atoms with E-state index in [2.05, 4.69) is 16.8 Å². The van der Waals surface area contributed by atoms with Gasteiger partial charge in [0.2, 0.25) is 5.91 Å². The van der Waals surface area contributed by atoms with Gasteiger partial charge in [-0.25, -0.2) is 13.8 Å². The topological polar surface area (TPSA) is 106 Å². The molecule has 9 nitrogen and oxygen atoms in total. The molecule has 1 N–H and O–H groups in total. The maximum Gasteiger partial charge on any atom is 0.246 e. The number of carbonyl (C=O) groups excluding carboxylic acids is 1. The molecule has 1 aromatic carbocycles. The third-order valence-corrected chi connectivity index (χ3v) is 8.24. The van der Waals surface area contributed by atoms with Crippen molar-refractivity contribution >= 4 is 27.3 Å². The van der Waals surface area contributed by atoms with Crippen molar-refractivity contribution in [3.63, 3.8) is 0 Å². The molecular formula is C32H30F2N6O3S. The number of hydrogen-bond donors (Lipinski definition) is 1. The van der Waals surface area contributed by atoms with Crippen molar-refractivity contribution in [2.75, 3.05) is 13.2 Å². The van der Waals surface area contributed by atoms with E-state index in [1.54, 1.807) is 24.9 Å². The number of benzene rings is 1. The van der Waals surface area contributed by atoms with E-state index in [4.69, 9.17) is 14.8 Å². The van der Waals surface area contributed by atoms with Gasteiger partial charge in [-0.3, -0.25) is 9.48 Å². The fourth-order valence-electron chi connectivity index (χ4n) is 5.43. The number of rotatable bonds is 7. The summed E-state index contributed by atoms with van der Waals surface area (Å²) in [6.45, 7) is 11.0. The number of fused-ring (bicyclic) bond motifs is 2. The molecule has 4 aromatic heterocycles. The van der Waals surface area contributed by atoms with Crippen LogP contribution in [0.25, 0.3) is 43.9 Å². The second kappa shape index (κ2) is 11.2. The number of aliphatic hydroxyl groups is 1. The Bertz CT molecular complexity index is 1930. The van der Waals surface area contributed by atoms with Crippen LogP contribution in [0.2, 0.25) is 0 Å². The van der Waals surface area contributed by atoms with E-state index in [1.165, 1.54) is 17.4 Å². The molecular weight excluding hydrogens is 586 g/mol. The molecule has 0 bridgehead atoms. The highest BCUT2D eigenvalue weighted by atomic mass is 32.1. The Morgan fingerprint density at radius 1 is 1.23 bits per heavy atom. The van der Waals surface area contributed by atoms with E-state index < -0.39 is 17.2 Å².